The number of carbonyl (C=O) groups excluding carboxylic acids is 4. The monoisotopic (exact) mass is 876 g/mol. The minimum atomic E-state index is -0.752. The predicted molar refractivity (Wildman–Crippen MR) is 237 cm³/mol. The largest absolute Gasteiger partial charge is 0.453 e. The molecule has 4 N–H and O–H groups in total. The van der Waals surface area contributed by atoms with E-state index in [1.54, 1.807) is 12.3 Å². The summed E-state index contributed by atoms with van der Waals surface area (Å²) >= 11 is 0. The number of alkyl carbamates (subject to hydrolysis) is 2. The lowest BCUT2D eigenvalue weighted by atomic mass is 9.90. The summed E-state index contributed by atoms with van der Waals surface area (Å²) in [5.74, 6) is 1.18. The lowest BCUT2D eigenvalue weighted by molar-refractivity contribution is -0.138. The molecule has 4 unspecified atom stereocenters. The molecule has 15 nitrogen and oxygen atoms in total. The molecule has 0 spiro atoms. The minimum Gasteiger partial charge on any atom is -0.453 e. The predicted octanol–water partition coefficient (Wildman–Crippen LogP) is 7.65. The third kappa shape index (κ3) is 7.83. The lowest BCUT2D eigenvalue weighted by Gasteiger charge is -2.35. The van der Waals surface area contributed by atoms with Crippen molar-refractivity contribution in [2.24, 2.45) is 29.6 Å². The van der Waals surface area contributed by atoms with Gasteiger partial charge in [0, 0.05) is 36.8 Å². The SMILES string of the molecule is CC[C@@H]1CCN(C(=O)[C@@H](NC(=O)OC)C(C)C)[C@@H]1c1nc2c(ccc3cc(-c4ccc(-c5cnc([C@@H]6CC7C(C)C7N6C(=O)C(NC(=O)OC)C6CCOCC6)[nH]5)c(F)c4)ccc32)[nH]1. The number of amides is 4. The Kier molecular flexibility index (Phi) is 11.8. The highest BCUT2D eigenvalue weighted by Gasteiger charge is 2.62. The summed E-state index contributed by atoms with van der Waals surface area (Å²) in [6.45, 7) is 9.67. The summed E-state index contributed by atoms with van der Waals surface area (Å²) < 4.78 is 31.4. The van der Waals surface area contributed by atoms with Gasteiger partial charge in [-0.15, -0.1) is 0 Å². The first-order valence-corrected chi connectivity index (χ1v) is 22.6. The second-order valence-corrected chi connectivity index (χ2v) is 18.3. The van der Waals surface area contributed by atoms with Crippen molar-refractivity contribution < 1.29 is 37.8 Å². The zero-order valence-electron chi connectivity index (χ0n) is 37.2. The van der Waals surface area contributed by atoms with Crippen molar-refractivity contribution in [3.8, 4) is 22.4 Å². The van der Waals surface area contributed by atoms with Crippen LogP contribution in [0.4, 0.5) is 14.0 Å². The van der Waals surface area contributed by atoms with Crippen LogP contribution >= 0.6 is 0 Å². The fourth-order valence-electron chi connectivity index (χ4n) is 10.7. The number of aromatic amines is 2. The van der Waals surface area contributed by atoms with Gasteiger partial charge in [-0.05, 0) is 96.1 Å². The first-order valence-electron chi connectivity index (χ1n) is 22.6. The van der Waals surface area contributed by atoms with Gasteiger partial charge in [-0.2, -0.15) is 0 Å². The Morgan fingerprint density at radius 2 is 1.66 bits per heavy atom. The Morgan fingerprint density at radius 3 is 2.38 bits per heavy atom. The van der Waals surface area contributed by atoms with E-state index >= 15 is 4.39 Å². The van der Waals surface area contributed by atoms with E-state index in [0.29, 0.717) is 72.9 Å². The fourth-order valence-corrected chi connectivity index (χ4v) is 10.7. The number of hydrogen-bond donors (Lipinski definition) is 4. The Balaban J connectivity index is 0.948. The molecule has 4 aliphatic rings. The quantitative estimate of drug-likeness (QED) is 0.104. The van der Waals surface area contributed by atoms with Gasteiger partial charge in [0.1, 0.15) is 29.5 Å². The topological polar surface area (TPSA) is 184 Å². The number of halogens is 1. The average molecular weight is 877 g/mol. The number of H-pyrrole nitrogens is 2. The van der Waals surface area contributed by atoms with Crippen LogP contribution in [0.15, 0.2) is 54.7 Å². The minimum absolute atomic E-state index is 0.0413. The van der Waals surface area contributed by atoms with E-state index in [9.17, 15) is 19.2 Å². The van der Waals surface area contributed by atoms with E-state index in [-0.39, 0.29) is 47.7 Å². The zero-order chi connectivity index (χ0) is 45.0. The number of carbonyl (C=O) groups is 4. The third-order valence-corrected chi connectivity index (χ3v) is 14.4. The smallest absolute Gasteiger partial charge is 0.407 e. The van der Waals surface area contributed by atoms with Gasteiger partial charge >= 0.3 is 12.2 Å². The highest BCUT2D eigenvalue weighted by atomic mass is 19.1. The van der Waals surface area contributed by atoms with Gasteiger partial charge in [0.05, 0.1) is 49.2 Å². The maximum atomic E-state index is 16.2. The van der Waals surface area contributed by atoms with Gasteiger partial charge in [-0.3, -0.25) is 9.59 Å². The number of nitrogens with one attached hydrogen (secondary N) is 4. The molecule has 4 fully saturated rings. The van der Waals surface area contributed by atoms with Crippen molar-refractivity contribution >= 4 is 45.8 Å². The molecule has 1 aliphatic carbocycles. The van der Waals surface area contributed by atoms with Crippen LogP contribution in [0.3, 0.4) is 0 Å². The Bertz CT molecular complexity index is 2590. The fraction of sp³-hybridized carbons (Fsp3) is 0.500. The van der Waals surface area contributed by atoms with Gasteiger partial charge in [0.2, 0.25) is 11.8 Å². The molecule has 5 heterocycles. The Morgan fingerprint density at radius 1 is 0.922 bits per heavy atom. The molecule has 5 aromatic rings. The third-order valence-electron chi connectivity index (χ3n) is 14.4. The van der Waals surface area contributed by atoms with Crippen LogP contribution in [-0.4, -0.2) is 106 Å². The van der Waals surface area contributed by atoms with Crippen LogP contribution in [0.5, 0.6) is 0 Å². The van der Waals surface area contributed by atoms with Gasteiger partial charge in [0.25, 0.3) is 0 Å². The summed E-state index contributed by atoms with van der Waals surface area (Å²) in [4.78, 5) is 73.4. The van der Waals surface area contributed by atoms with E-state index in [0.717, 1.165) is 46.6 Å². The van der Waals surface area contributed by atoms with E-state index < -0.39 is 30.1 Å². The highest BCUT2D eigenvalue weighted by Crippen LogP contribution is 2.57. The standard InChI is InChI=1S/C48H57FN8O7/c1-7-26-14-17-56(45(58)38(24(2)3)54-47(60)62-5)42(26)44-51-35-13-10-30-20-28(8-11-31(30)40(35)53-44)29-9-12-32(34(49)21-29)36-23-50-43(52-36)37-22-33-25(4)41(33)57(37)46(59)39(55-48(61)63-6)27-15-18-64-19-16-27/h8-13,20-21,23-27,33,37-39,41-42H,7,14-19,22H2,1-6H3,(H,50,52)(H,51,53)(H,54,60)(H,55,61)/t25?,26-,33?,37+,38+,39?,41?,42+/m1/s1. The van der Waals surface area contributed by atoms with Crippen molar-refractivity contribution in [1.82, 2.24) is 40.4 Å². The van der Waals surface area contributed by atoms with Gasteiger partial charge < -0.3 is 44.6 Å². The van der Waals surface area contributed by atoms with Gasteiger partial charge in [-0.25, -0.2) is 23.9 Å². The van der Waals surface area contributed by atoms with Gasteiger partial charge in [0.15, 0.2) is 0 Å². The zero-order valence-corrected chi connectivity index (χ0v) is 37.2. The molecule has 2 aromatic heterocycles. The molecule has 1 saturated carbocycles. The van der Waals surface area contributed by atoms with Crippen LogP contribution in [0, 0.1) is 35.4 Å². The van der Waals surface area contributed by atoms with E-state index in [1.165, 1.54) is 20.3 Å². The number of aromatic nitrogens is 4. The van der Waals surface area contributed by atoms with Crippen LogP contribution in [-0.2, 0) is 23.8 Å². The molecule has 16 heteroatoms. The molecule has 338 valence electrons. The number of benzene rings is 3. The summed E-state index contributed by atoms with van der Waals surface area (Å²) in [6.07, 6.45) is 4.05. The number of hydrogen-bond acceptors (Lipinski definition) is 9. The Hall–Kier alpha value is -6.03. The molecule has 0 bridgehead atoms. The van der Waals surface area contributed by atoms with Crippen molar-refractivity contribution in [3.05, 3.63) is 72.2 Å². The second kappa shape index (κ2) is 17.5. The number of fused-ring (bicyclic) bond motifs is 4. The van der Waals surface area contributed by atoms with E-state index in [4.69, 9.17) is 24.2 Å². The number of rotatable bonds is 11. The normalized spacial score (nSPS) is 24.2. The van der Waals surface area contributed by atoms with Crippen molar-refractivity contribution in [1.29, 1.82) is 0 Å². The van der Waals surface area contributed by atoms with Gasteiger partial charge in [-0.1, -0.05) is 58.4 Å². The molecular weight excluding hydrogens is 820 g/mol. The molecule has 3 aromatic carbocycles. The number of methoxy groups -OCH3 is 2. The summed E-state index contributed by atoms with van der Waals surface area (Å²) in [5, 5.41) is 7.42. The van der Waals surface area contributed by atoms with Crippen molar-refractivity contribution in [3.63, 3.8) is 0 Å². The summed E-state index contributed by atoms with van der Waals surface area (Å²) in [7, 11) is 2.58. The number of imidazole rings is 2. The maximum Gasteiger partial charge on any atom is 0.407 e. The van der Waals surface area contributed by atoms with Crippen LogP contribution in [0.1, 0.15) is 83.5 Å². The van der Waals surface area contributed by atoms with Crippen LogP contribution in [0.2, 0.25) is 0 Å². The molecule has 9 rings (SSSR count). The van der Waals surface area contributed by atoms with E-state index in [2.05, 4.69) is 34.4 Å². The number of ether oxygens (including phenoxy) is 3. The first-order chi connectivity index (χ1) is 30.9. The molecule has 4 amide bonds. The number of nitrogens with zero attached hydrogens (tertiary/aromatic N) is 4. The molecule has 64 heavy (non-hydrogen) atoms. The molecule has 8 atom stereocenters. The average Bonchev–Trinajstić information content (AvgIpc) is 3.94. The number of piperidine rings is 1. The first kappa shape index (κ1) is 43.2. The molecule has 3 saturated heterocycles. The highest BCUT2D eigenvalue weighted by molar-refractivity contribution is 6.05. The van der Waals surface area contributed by atoms with Crippen LogP contribution in [0.25, 0.3) is 44.2 Å². The molecule has 0 radical (unpaired) electrons. The van der Waals surface area contributed by atoms with Crippen LogP contribution < -0.4 is 10.6 Å². The second-order valence-electron chi connectivity index (χ2n) is 18.3. The van der Waals surface area contributed by atoms with Crippen molar-refractivity contribution in [2.45, 2.75) is 90.0 Å². The Labute approximate surface area is 371 Å². The summed E-state index contributed by atoms with van der Waals surface area (Å²) in [5.41, 5.74) is 4.04. The van der Waals surface area contributed by atoms with E-state index in [1.807, 2.05) is 60.0 Å². The summed E-state index contributed by atoms with van der Waals surface area (Å²) in [6, 6.07) is 13.1. The van der Waals surface area contributed by atoms with Crippen molar-refractivity contribution in [2.75, 3.05) is 34.0 Å². The maximum absolute atomic E-state index is 16.2. The molecular formula is C48H57FN8O7. The number of likely N-dealkylation sites (tertiary alicyclic amines) is 2. The molecule has 3 aliphatic heterocycles. The lowest BCUT2D eigenvalue weighted by Crippen LogP contribution is -2.54.